The lowest BCUT2D eigenvalue weighted by Gasteiger charge is -2.68. The van der Waals surface area contributed by atoms with E-state index in [0.717, 1.165) is 31.5 Å². The fourth-order valence-corrected chi connectivity index (χ4v) is 12.6. The van der Waals surface area contributed by atoms with E-state index in [9.17, 15) is 14.7 Å². The molecule has 2 aromatic carbocycles. The van der Waals surface area contributed by atoms with Crippen LogP contribution < -0.4 is 10.6 Å². The zero-order chi connectivity index (χ0) is 35.0. The van der Waals surface area contributed by atoms with Gasteiger partial charge >= 0.3 is 5.97 Å². The molecule has 0 aliphatic heterocycles. The van der Waals surface area contributed by atoms with E-state index in [0.29, 0.717) is 53.0 Å². The van der Waals surface area contributed by atoms with Crippen molar-refractivity contribution in [1.29, 1.82) is 0 Å². The largest absolute Gasteiger partial charge is 0.478 e. The highest BCUT2D eigenvalue weighted by Crippen LogP contribution is 2.73. The summed E-state index contributed by atoms with van der Waals surface area (Å²) in [7, 11) is 0. The standard InChI is InChI=1S/C41H54N2O3.C3H6/c1-38(2)31(27-12-14-28(15-13-27)36(44)45)18-22-40(4)34(38)20-23-39(3)32-19-24-41(21-8-11-33(41)30(32)16-17-35(39)40)37(46)43-26-25-42-29-9-6-5-7-10-29;1-3-2/h5-7,9-10,12-15,18,30,32-35,42H,8,11,16-17,19-26H2,1-4H3,(H,43,46)(H,44,45);3H,1H2,2H3. The number of carboxylic acid groups (broad SMARTS) is 1. The number of hydrogen-bond donors (Lipinski definition) is 3. The van der Waals surface area contributed by atoms with Gasteiger partial charge in [-0.2, -0.15) is 0 Å². The predicted octanol–water partition coefficient (Wildman–Crippen LogP) is 10.3. The van der Waals surface area contributed by atoms with Crippen LogP contribution in [0.5, 0.6) is 0 Å². The molecule has 5 nitrogen and oxygen atoms in total. The van der Waals surface area contributed by atoms with E-state index in [4.69, 9.17) is 0 Å². The van der Waals surface area contributed by atoms with Gasteiger partial charge in [0.25, 0.3) is 0 Å². The number of allylic oxidation sites excluding steroid dienone is 3. The van der Waals surface area contributed by atoms with E-state index < -0.39 is 5.97 Å². The number of amides is 1. The van der Waals surface area contributed by atoms with Crippen LogP contribution in [0.4, 0.5) is 5.69 Å². The lowest BCUT2D eigenvalue weighted by molar-refractivity contribution is -0.181. The second-order valence-electron chi connectivity index (χ2n) is 17.1. The van der Waals surface area contributed by atoms with E-state index in [1.807, 2.05) is 37.3 Å². The second kappa shape index (κ2) is 13.8. The number of benzene rings is 2. The number of nitrogens with one attached hydrogen (secondary N) is 2. The summed E-state index contributed by atoms with van der Waals surface area (Å²) in [4.78, 5) is 25.5. The predicted molar refractivity (Wildman–Crippen MR) is 201 cm³/mol. The highest BCUT2D eigenvalue weighted by Gasteiger charge is 2.66. The van der Waals surface area contributed by atoms with Gasteiger partial charge in [0.05, 0.1) is 11.0 Å². The summed E-state index contributed by atoms with van der Waals surface area (Å²) < 4.78 is 0. The Bertz CT molecular complexity index is 1550. The molecule has 4 fully saturated rings. The molecule has 4 saturated carbocycles. The third-order valence-corrected chi connectivity index (χ3v) is 14.5. The maximum Gasteiger partial charge on any atom is 0.335 e. The van der Waals surface area contributed by atoms with E-state index in [2.05, 4.69) is 63.1 Å². The molecule has 3 N–H and O–H groups in total. The summed E-state index contributed by atoms with van der Waals surface area (Å²) in [6.45, 7) is 16.8. The summed E-state index contributed by atoms with van der Waals surface area (Å²) in [6.07, 6.45) is 16.2. The Morgan fingerprint density at radius 2 is 1.55 bits per heavy atom. The minimum Gasteiger partial charge on any atom is -0.478 e. The molecule has 7 rings (SSSR count). The Kier molecular flexibility index (Phi) is 9.96. The van der Waals surface area contributed by atoms with Crippen molar-refractivity contribution in [3.8, 4) is 0 Å². The third-order valence-electron chi connectivity index (χ3n) is 14.5. The van der Waals surface area contributed by atoms with E-state index in [1.165, 1.54) is 56.1 Å². The average molecular weight is 665 g/mol. The first-order valence-corrected chi connectivity index (χ1v) is 19.1. The normalized spacial score (nSPS) is 35.4. The molecule has 264 valence electrons. The first-order valence-electron chi connectivity index (χ1n) is 19.1. The molecule has 0 heterocycles. The van der Waals surface area contributed by atoms with E-state index in [1.54, 1.807) is 18.2 Å². The van der Waals surface area contributed by atoms with Crippen molar-refractivity contribution >= 4 is 23.1 Å². The smallest absolute Gasteiger partial charge is 0.335 e. The van der Waals surface area contributed by atoms with Gasteiger partial charge in [0.1, 0.15) is 0 Å². The van der Waals surface area contributed by atoms with Crippen molar-refractivity contribution in [3.05, 3.63) is 84.5 Å². The van der Waals surface area contributed by atoms with Crippen LogP contribution in [-0.4, -0.2) is 30.1 Å². The summed E-state index contributed by atoms with van der Waals surface area (Å²) in [5.74, 6) is 2.66. The lowest BCUT2D eigenvalue weighted by atomic mass is 9.36. The molecule has 8 unspecified atom stereocenters. The molecule has 0 spiro atoms. The fourth-order valence-electron chi connectivity index (χ4n) is 12.6. The van der Waals surface area contributed by atoms with Crippen LogP contribution in [0.3, 0.4) is 0 Å². The van der Waals surface area contributed by atoms with Crippen LogP contribution in [0.25, 0.3) is 5.57 Å². The van der Waals surface area contributed by atoms with Crippen LogP contribution in [0, 0.1) is 51.2 Å². The number of anilines is 1. The van der Waals surface area contributed by atoms with Gasteiger partial charge < -0.3 is 15.7 Å². The van der Waals surface area contributed by atoms with Gasteiger partial charge in [-0.15, -0.1) is 6.58 Å². The minimum atomic E-state index is -0.868. The topological polar surface area (TPSA) is 78.4 Å². The molecular weight excluding hydrogens is 604 g/mol. The Hall–Kier alpha value is -3.34. The Labute approximate surface area is 295 Å². The van der Waals surface area contributed by atoms with E-state index in [-0.39, 0.29) is 16.2 Å². The van der Waals surface area contributed by atoms with Crippen LogP contribution in [0.2, 0.25) is 0 Å². The molecule has 0 radical (unpaired) electrons. The van der Waals surface area contributed by atoms with Crippen molar-refractivity contribution in [2.45, 2.75) is 98.8 Å². The summed E-state index contributed by atoms with van der Waals surface area (Å²) >= 11 is 0. The van der Waals surface area contributed by atoms with Crippen LogP contribution in [0.15, 0.2) is 73.3 Å². The van der Waals surface area contributed by atoms with Gasteiger partial charge in [0.2, 0.25) is 5.91 Å². The number of carboxylic acids is 1. The summed E-state index contributed by atoms with van der Waals surface area (Å²) in [5.41, 5.74) is 4.45. The molecule has 0 bridgehead atoms. The number of carbonyl (C=O) groups excluding carboxylic acids is 1. The van der Waals surface area contributed by atoms with Crippen LogP contribution in [-0.2, 0) is 4.79 Å². The molecule has 8 atom stereocenters. The van der Waals surface area contributed by atoms with Crippen molar-refractivity contribution < 1.29 is 14.7 Å². The van der Waals surface area contributed by atoms with Crippen LogP contribution in [0.1, 0.15) is 115 Å². The fraction of sp³-hybridized carbons (Fsp3) is 0.591. The molecule has 5 heteroatoms. The van der Waals surface area contributed by atoms with Crippen molar-refractivity contribution in [2.24, 2.45) is 51.2 Å². The SMILES string of the molecule is C=CC.CC1(C)C(c2ccc(C(=O)O)cc2)=CCC2(C)C1CCC1(C)C3CCC4(C(=O)NCCNc5ccccc5)CCCC4C3CCC12. The molecule has 5 aliphatic rings. The number of hydrogen-bond acceptors (Lipinski definition) is 3. The Balaban J connectivity index is 0.00000134. The van der Waals surface area contributed by atoms with Gasteiger partial charge in [0, 0.05) is 18.8 Å². The maximum atomic E-state index is 14.0. The number of fused-ring (bicyclic) bond motifs is 7. The van der Waals surface area contributed by atoms with Crippen molar-refractivity contribution in [3.63, 3.8) is 0 Å². The van der Waals surface area contributed by atoms with Gasteiger partial charge in [-0.1, -0.05) is 76.6 Å². The highest BCUT2D eigenvalue weighted by atomic mass is 16.4. The first-order chi connectivity index (χ1) is 23.4. The maximum absolute atomic E-state index is 14.0. The van der Waals surface area contributed by atoms with Gasteiger partial charge in [-0.3, -0.25) is 4.79 Å². The lowest BCUT2D eigenvalue weighted by Crippen LogP contribution is -2.62. The molecule has 0 aromatic heterocycles. The summed E-state index contributed by atoms with van der Waals surface area (Å²) in [5, 5.41) is 16.3. The van der Waals surface area contributed by atoms with Gasteiger partial charge in [-0.05, 0) is 146 Å². The quantitative estimate of drug-likeness (QED) is 0.203. The van der Waals surface area contributed by atoms with Gasteiger partial charge in [-0.25, -0.2) is 4.79 Å². The molecule has 5 aliphatic carbocycles. The van der Waals surface area contributed by atoms with Gasteiger partial charge in [0.15, 0.2) is 0 Å². The molecule has 0 saturated heterocycles. The molecule has 49 heavy (non-hydrogen) atoms. The summed E-state index contributed by atoms with van der Waals surface area (Å²) in [6, 6.07) is 17.8. The number of aromatic carboxylic acids is 1. The molecule has 1 amide bonds. The van der Waals surface area contributed by atoms with E-state index >= 15 is 0 Å². The minimum absolute atomic E-state index is 0.0244. The zero-order valence-corrected chi connectivity index (χ0v) is 30.7. The number of carbonyl (C=O) groups is 2. The Morgan fingerprint density at radius 3 is 2.24 bits per heavy atom. The zero-order valence-electron chi connectivity index (χ0n) is 30.7. The number of rotatable bonds is 7. The van der Waals surface area contributed by atoms with Crippen molar-refractivity contribution in [1.82, 2.24) is 5.32 Å². The molecule has 2 aromatic rings. The monoisotopic (exact) mass is 664 g/mol. The molecular formula is C44H60N2O3. The Morgan fingerprint density at radius 1 is 0.837 bits per heavy atom. The highest BCUT2D eigenvalue weighted by molar-refractivity contribution is 5.88. The first kappa shape index (κ1) is 35.5. The average Bonchev–Trinajstić information content (AvgIpc) is 3.53. The number of para-hydroxylation sites is 1. The third kappa shape index (κ3) is 6.08. The second-order valence-corrected chi connectivity index (χ2v) is 17.1. The van der Waals surface area contributed by atoms with Crippen LogP contribution >= 0.6 is 0 Å². The van der Waals surface area contributed by atoms with Crippen molar-refractivity contribution in [2.75, 3.05) is 18.4 Å².